The lowest BCUT2D eigenvalue weighted by Crippen LogP contribution is -2.22. The highest BCUT2D eigenvalue weighted by Gasteiger charge is 2.25. The standard InChI is InChI=1S/C8H13F3N2/c1-7(5-12)6-13-4-2-3-8(9,10)11/h7,13H,2-4,6H2,1H3. The molecule has 1 atom stereocenters. The average Bonchev–Trinajstić information content (AvgIpc) is 2.01. The monoisotopic (exact) mass is 194 g/mol. The van der Waals surface area contributed by atoms with Gasteiger partial charge < -0.3 is 5.32 Å². The van der Waals surface area contributed by atoms with E-state index in [1.165, 1.54) is 0 Å². The van der Waals surface area contributed by atoms with Gasteiger partial charge in [0.1, 0.15) is 0 Å². The summed E-state index contributed by atoms with van der Waals surface area (Å²) in [5.74, 6) is -0.147. The number of alkyl halides is 3. The molecule has 0 bridgehead atoms. The van der Waals surface area contributed by atoms with Crippen molar-refractivity contribution in [3.8, 4) is 6.07 Å². The predicted octanol–water partition coefficient (Wildman–Crippen LogP) is 2.08. The maximum absolute atomic E-state index is 11.6. The molecule has 0 aromatic carbocycles. The van der Waals surface area contributed by atoms with Crippen LogP contribution in [0.4, 0.5) is 13.2 Å². The Hall–Kier alpha value is -0.760. The minimum Gasteiger partial charge on any atom is -0.315 e. The predicted molar refractivity (Wildman–Crippen MR) is 42.9 cm³/mol. The molecule has 2 nitrogen and oxygen atoms in total. The van der Waals surface area contributed by atoms with E-state index in [0.29, 0.717) is 13.1 Å². The summed E-state index contributed by atoms with van der Waals surface area (Å²) in [7, 11) is 0. The molecule has 0 saturated carbocycles. The van der Waals surface area contributed by atoms with E-state index in [1.807, 2.05) is 6.07 Å². The topological polar surface area (TPSA) is 35.8 Å². The van der Waals surface area contributed by atoms with Crippen LogP contribution in [0, 0.1) is 17.2 Å². The highest BCUT2D eigenvalue weighted by atomic mass is 19.4. The maximum atomic E-state index is 11.6. The smallest absolute Gasteiger partial charge is 0.315 e. The van der Waals surface area contributed by atoms with Gasteiger partial charge in [0.15, 0.2) is 0 Å². The van der Waals surface area contributed by atoms with Crippen LogP contribution in [-0.4, -0.2) is 19.3 Å². The molecule has 0 amide bonds. The first-order chi connectivity index (χ1) is 5.95. The first-order valence-corrected chi connectivity index (χ1v) is 4.13. The van der Waals surface area contributed by atoms with Crippen molar-refractivity contribution in [3.63, 3.8) is 0 Å². The van der Waals surface area contributed by atoms with Crippen LogP contribution in [0.15, 0.2) is 0 Å². The number of nitrogens with one attached hydrogen (secondary N) is 1. The summed E-state index contributed by atoms with van der Waals surface area (Å²) in [5, 5.41) is 11.1. The number of nitriles is 1. The van der Waals surface area contributed by atoms with Crippen molar-refractivity contribution in [2.24, 2.45) is 5.92 Å². The van der Waals surface area contributed by atoms with Crippen LogP contribution in [-0.2, 0) is 0 Å². The Bertz CT molecular complexity index is 171. The second-order valence-electron chi connectivity index (χ2n) is 2.95. The van der Waals surface area contributed by atoms with E-state index in [2.05, 4.69) is 5.32 Å². The van der Waals surface area contributed by atoms with Crippen LogP contribution < -0.4 is 5.32 Å². The molecule has 5 heteroatoms. The first-order valence-electron chi connectivity index (χ1n) is 4.13. The molecule has 0 aromatic heterocycles. The largest absolute Gasteiger partial charge is 0.389 e. The van der Waals surface area contributed by atoms with Crippen LogP contribution in [0.5, 0.6) is 0 Å². The van der Waals surface area contributed by atoms with E-state index in [1.54, 1.807) is 6.92 Å². The second kappa shape index (κ2) is 5.81. The lowest BCUT2D eigenvalue weighted by atomic mass is 10.2. The highest BCUT2D eigenvalue weighted by molar-refractivity contribution is 4.79. The van der Waals surface area contributed by atoms with Crippen LogP contribution in [0.2, 0.25) is 0 Å². The van der Waals surface area contributed by atoms with Crippen molar-refractivity contribution in [1.82, 2.24) is 5.32 Å². The second-order valence-corrected chi connectivity index (χ2v) is 2.95. The zero-order chi connectivity index (χ0) is 10.3. The van der Waals surface area contributed by atoms with Gasteiger partial charge in [-0.15, -0.1) is 0 Å². The van der Waals surface area contributed by atoms with Crippen molar-refractivity contribution >= 4 is 0 Å². The van der Waals surface area contributed by atoms with Crippen LogP contribution in [0.1, 0.15) is 19.8 Å². The van der Waals surface area contributed by atoms with Gasteiger partial charge in [-0.05, 0) is 19.9 Å². The normalized spacial score (nSPS) is 13.8. The van der Waals surface area contributed by atoms with Gasteiger partial charge in [-0.3, -0.25) is 0 Å². The van der Waals surface area contributed by atoms with Crippen molar-refractivity contribution in [1.29, 1.82) is 5.26 Å². The lowest BCUT2D eigenvalue weighted by Gasteiger charge is -2.07. The molecule has 0 aliphatic carbocycles. The maximum Gasteiger partial charge on any atom is 0.389 e. The third-order valence-electron chi connectivity index (χ3n) is 1.48. The minimum atomic E-state index is -4.07. The zero-order valence-electron chi connectivity index (χ0n) is 7.49. The van der Waals surface area contributed by atoms with Gasteiger partial charge in [-0.1, -0.05) is 0 Å². The number of hydrogen-bond donors (Lipinski definition) is 1. The first kappa shape index (κ1) is 12.2. The number of nitrogens with zero attached hydrogens (tertiary/aromatic N) is 1. The van der Waals surface area contributed by atoms with Crippen molar-refractivity contribution < 1.29 is 13.2 Å². The summed E-state index contributed by atoms with van der Waals surface area (Å²) in [5.41, 5.74) is 0. The molecule has 0 radical (unpaired) electrons. The van der Waals surface area contributed by atoms with Gasteiger partial charge in [0.25, 0.3) is 0 Å². The van der Waals surface area contributed by atoms with E-state index in [0.717, 1.165) is 0 Å². The summed E-state index contributed by atoms with van der Waals surface area (Å²) in [4.78, 5) is 0. The Kier molecular flexibility index (Phi) is 5.47. The van der Waals surface area contributed by atoms with E-state index in [4.69, 9.17) is 5.26 Å². The fraction of sp³-hybridized carbons (Fsp3) is 0.875. The van der Waals surface area contributed by atoms with Gasteiger partial charge in [0.05, 0.1) is 12.0 Å². The van der Waals surface area contributed by atoms with Crippen molar-refractivity contribution in [2.75, 3.05) is 13.1 Å². The molecular formula is C8H13F3N2. The fourth-order valence-electron chi connectivity index (χ4n) is 0.778. The van der Waals surface area contributed by atoms with E-state index in [9.17, 15) is 13.2 Å². The third-order valence-corrected chi connectivity index (χ3v) is 1.48. The number of halogens is 3. The summed E-state index contributed by atoms with van der Waals surface area (Å²) < 4.78 is 34.9. The molecule has 1 N–H and O–H groups in total. The Morgan fingerprint density at radius 3 is 2.54 bits per heavy atom. The number of hydrogen-bond acceptors (Lipinski definition) is 2. The number of rotatable bonds is 5. The summed E-state index contributed by atoms with van der Waals surface area (Å²) in [6.07, 6.45) is -4.76. The molecule has 0 aliphatic rings. The Balaban J connectivity index is 3.24. The Morgan fingerprint density at radius 1 is 1.46 bits per heavy atom. The van der Waals surface area contributed by atoms with Crippen LogP contribution in [0.3, 0.4) is 0 Å². The Morgan fingerprint density at radius 2 is 2.08 bits per heavy atom. The molecule has 0 fully saturated rings. The van der Waals surface area contributed by atoms with Gasteiger partial charge in [-0.2, -0.15) is 18.4 Å². The van der Waals surface area contributed by atoms with Crippen LogP contribution in [0.25, 0.3) is 0 Å². The molecule has 1 unspecified atom stereocenters. The van der Waals surface area contributed by atoms with Gasteiger partial charge in [-0.25, -0.2) is 0 Å². The molecule has 0 saturated heterocycles. The SMILES string of the molecule is CC(C#N)CNCCCC(F)(F)F. The van der Waals surface area contributed by atoms with Crippen LogP contribution >= 0.6 is 0 Å². The third kappa shape index (κ3) is 9.15. The highest BCUT2D eigenvalue weighted by Crippen LogP contribution is 2.20. The summed E-state index contributed by atoms with van der Waals surface area (Å²) >= 11 is 0. The van der Waals surface area contributed by atoms with Crippen molar-refractivity contribution in [2.45, 2.75) is 25.9 Å². The molecule has 0 aliphatic heterocycles. The van der Waals surface area contributed by atoms with Gasteiger partial charge in [0, 0.05) is 13.0 Å². The molecule has 76 valence electrons. The molecule has 13 heavy (non-hydrogen) atoms. The molecule has 0 heterocycles. The zero-order valence-corrected chi connectivity index (χ0v) is 7.49. The fourth-order valence-corrected chi connectivity index (χ4v) is 0.778. The van der Waals surface area contributed by atoms with Crippen molar-refractivity contribution in [3.05, 3.63) is 0 Å². The quantitative estimate of drug-likeness (QED) is 0.680. The van der Waals surface area contributed by atoms with E-state index < -0.39 is 12.6 Å². The molecule has 0 aromatic rings. The van der Waals surface area contributed by atoms with Gasteiger partial charge >= 0.3 is 6.18 Å². The minimum absolute atomic E-state index is 0.0711. The van der Waals surface area contributed by atoms with E-state index >= 15 is 0 Å². The van der Waals surface area contributed by atoms with Gasteiger partial charge in [0.2, 0.25) is 0 Å². The lowest BCUT2D eigenvalue weighted by molar-refractivity contribution is -0.135. The molecular weight excluding hydrogens is 181 g/mol. The molecule has 0 spiro atoms. The van der Waals surface area contributed by atoms with E-state index in [-0.39, 0.29) is 12.3 Å². The average molecular weight is 194 g/mol. The summed E-state index contributed by atoms with van der Waals surface area (Å²) in [6, 6.07) is 1.99. The molecule has 0 rings (SSSR count). The summed E-state index contributed by atoms with van der Waals surface area (Å²) in [6.45, 7) is 2.48. The Labute approximate surface area is 75.7 Å².